The molecule has 0 spiro atoms. The molecule has 2 amide bonds. The van der Waals surface area contributed by atoms with Crippen LogP contribution in [-0.4, -0.2) is 77.7 Å². The van der Waals surface area contributed by atoms with Crippen molar-refractivity contribution in [2.75, 3.05) is 19.6 Å². The second kappa shape index (κ2) is 8.93. The van der Waals surface area contributed by atoms with Gasteiger partial charge in [-0.2, -0.15) is 25.3 Å². The Morgan fingerprint density at radius 2 is 1.83 bits per heavy atom. The van der Waals surface area contributed by atoms with Gasteiger partial charge >= 0.3 is 12.5 Å². The summed E-state index contributed by atoms with van der Waals surface area (Å²) in [6.45, 7) is 1.65. The number of benzene rings is 1. The number of halogens is 3. The van der Waals surface area contributed by atoms with E-state index in [1.807, 2.05) is 0 Å². The predicted octanol–water partition coefficient (Wildman–Crippen LogP) is 2.35. The van der Waals surface area contributed by atoms with Crippen molar-refractivity contribution in [2.45, 2.75) is 38.8 Å². The number of carbonyl (C=O) groups excluding carboxylic acids is 1. The normalized spacial score (nSPS) is 19.8. The van der Waals surface area contributed by atoms with Crippen LogP contribution in [0.4, 0.5) is 18.0 Å². The highest BCUT2D eigenvalue weighted by Crippen LogP contribution is 2.26. The van der Waals surface area contributed by atoms with Gasteiger partial charge in [-0.15, -0.1) is 13.2 Å². The summed E-state index contributed by atoms with van der Waals surface area (Å²) in [6.07, 6.45) is -4.86. The number of nitrogens with zero attached hydrogens (tertiary/aromatic N) is 6. The zero-order valence-electron chi connectivity index (χ0n) is 19.0. The van der Waals surface area contributed by atoms with Crippen LogP contribution in [0.5, 0.6) is 5.75 Å². The fourth-order valence-corrected chi connectivity index (χ4v) is 4.68. The first kappa shape index (κ1) is 23.8. The molecule has 0 aliphatic carbocycles. The molecule has 5 rings (SSSR count). The molecule has 0 bridgehead atoms. The molecular formula is C22H23F3N7O4+. The topological polar surface area (TPSA) is 126 Å². The summed E-state index contributed by atoms with van der Waals surface area (Å²) in [6, 6.07) is 6.91. The van der Waals surface area contributed by atoms with Crippen LogP contribution in [-0.2, 0) is 32.5 Å². The molecule has 3 aromatic rings. The van der Waals surface area contributed by atoms with Gasteiger partial charge in [0.2, 0.25) is 0 Å². The molecule has 1 unspecified atom stereocenters. The zero-order valence-corrected chi connectivity index (χ0v) is 19.0. The highest BCUT2D eigenvalue weighted by molar-refractivity contribution is 5.92. The van der Waals surface area contributed by atoms with Crippen LogP contribution in [0, 0.1) is 0 Å². The monoisotopic (exact) mass is 506 g/mol. The van der Waals surface area contributed by atoms with Crippen LogP contribution in [0.1, 0.15) is 33.1 Å². The number of carboxylic acid groups (broad SMARTS) is 1. The van der Waals surface area contributed by atoms with Gasteiger partial charge < -0.3 is 14.7 Å². The molecule has 36 heavy (non-hydrogen) atoms. The van der Waals surface area contributed by atoms with Crippen LogP contribution in [0.2, 0.25) is 0 Å². The number of ether oxygens (including phenoxy) is 1. The van der Waals surface area contributed by atoms with Crippen LogP contribution in [0.15, 0.2) is 30.3 Å². The van der Waals surface area contributed by atoms with E-state index in [1.165, 1.54) is 24.3 Å². The highest BCUT2D eigenvalue weighted by Gasteiger charge is 2.40. The van der Waals surface area contributed by atoms with E-state index in [-0.39, 0.29) is 42.3 Å². The number of carbonyl (C=O) groups is 2. The number of rotatable bonds is 4. The number of aromatic amines is 1. The molecule has 0 saturated carbocycles. The van der Waals surface area contributed by atoms with Crippen molar-refractivity contribution in [3.8, 4) is 5.75 Å². The Kier molecular flexibility index (Phi) is 5.90. The number of fused-ring (bicyclic) bond motifs is 2. The molecule has 4 heterocycles. The molecule has 2 aliphatic heterocycles. The first-order valence-electron chi connectivity index (χ1n) is 11.3. The summed E-state index contributed by atoms with van der Waals surface area (Å²) in [4.78, 5) is 27.0. The molecule has 0 fully saturated rings. The number of H-pyrrole nitrogens is 1. The second-order valence-corrected chi connectivity index (χ2v) is 8.91. The van der Waals surface area contributed by atoms with Gasteiger partial charge in [-0.25, -0.2) is 4.48 Å². The maximum absolute atomic E-state index is 13.0. The average molecular weight is 506 g/mol. The van der Waals surface area contributed by atoms with Gasteiger partial charge in [0, 0.05) is 30.6 Å². The molecule has 2 aliphatic rings. The molecule has 0 saturated heterocycles. The van der Waals surface area contributed by atoms with Gasteiger partial charge in [-0.05, 0) is 30.3 Å². The largest absolute Gasteiger partial charge is 0.573 e. The number of nitrogens with one attached hydrogen (secondary N) is 1. The summed E-state index contributed by atoms with van der Waals surface area (Å²) in [5.74, 6) is -0.584. The van der Waals surface area contributed by atoms with E-state index < -0.39 is 12.5 Å². The number of aromatic nitrogens is 5. The maximum Gasteiger partial charge on any atom is 0.573 e. The van der Waals surface area contributed by atoms with Crippen molar-refractivity contribution >= 4 is 12.0 Å². The van der Waals surface area contributed by atoms with E-state index in [0.29, 0.717) is 37.2 Å². The van der Waals surface area contributed by atoms with E-state index >= 15 is 0 Å². The van der Waals surface area contributed by atoms with Crippen LogP contribution < -0.4 is 4.74 Å². The van der Waals surface area contributed by atoms with Gasteiger partial charge in [0.1, 0.15) is 24.5 Å². The lowest BCUT2D eigenvalue weighted by Crippen LogP contribution is -2.53. The summed E-state index contributed by atoms with van der Waals surface area (Å²) < 4.78 is 42.5. The lowest BCUT2D eigenvalue weighted by atomic mass is 10.1. The number of quaternary nitrogens is 1. The third-order valence-corrected chi connectivity index (χ3v) is 6.62. The number of hydrogen-bond donors (Lipinski definition) is 2. The van der Waals surface area contributed by atoms with Crippen LogP contribution >= 0.6 is 0 Å². The van der Waals surface area contributed by atoms with E-state index in [0.717, 1.165) is 17.1 Å². The second-order valence-electron chi connectivity index (χ2n) is 8.91. The molecule has 11 nitrogen and oxygen atoms in total. The van der Waals surface area contributed by atoms with Gasteiger partial charge in [0.25, 0.3) is 5.91 Å². The molecule has 1 aromatic carbocycles. The number of hydrogen-bond acceptors (Lipinski definition) is 6. The van der Waals surface area contributed by atoms with Crippen LogP contribution in [0.25, 0.3) is 0 Å². The molecule has 0 radical (unpaired) electrons. The highest BCUT2D eigenvalue weighted by atomic mass is 19.4. The first-order chi connectivity index (χ1) is 17.1. The Bertz CT molecular complexity index is 1260. The van der Waals surface area contributed by atoms with Crippen molar-refractivity contribution in [2.24, 2.45) is 0 Å². The molecule has 14 heteroatoms. The lowest BCUT2D eigenvalue weighted by molar-refractivity contribution is -0.870. The fourth-order valence-electron chi connectivity index (χ4n) is 4.68. The Morgan fingerprint density at radius 1 is 1.08 bits per heavy atom. The van der Waals surface area contributed by atoms with E-state index in [1.54, 1.807) is 15.6 Å². The van der Waals surface area contributed by atoms with Gasteiger partial charge in [-0.3, -0.25) is 9.48 Å². The minimum atomic E-state index is -4.80. The summed E-state index contributed by atoms with van der Waals surface area (Å²) in [5.41, 5.74) is 3.21. The molecule has 1 atom stereocenters. The van der Waals surface area contributed by atoms with Crippen molar-refractivity contribution < 1.29 is 37.1 Å². The quantitative estimate of drug-likeness (QED) is 0.520. The Hall–Kier alpha value is -3.94. The Morgan fingerprint density at radius 3 is 2.56 bits per heavy atom. The van der Waals surface area contributed by atoms with Gasteiger partial charge in [0.15, 0.2) is 5.69 Å². The van der Waals surface area contributed by atoms with Crippen molar-refractivity contribution in [1.29, 1.82) is 0 Å². The zero-order chi connectivity index (χ0) is 25.5. The molecule has 190 valence electrons. The molecular weight excluding hydrogens is 483 g/mol. The van der Waals surface area contributed by atoms with E-state index in [4.69, 9.17) is 0 Å². The van der Waals surface area contributed by atoms with Crippen molar-refractivity contribution in [3.05, 3.63) is 58.7 Å². The van der Waals surface area contributed by atoms with Crippen LogP contribution in [0.3, 0.4) is 0 Å². The molecule has 2 N–H and O–H groups in total. The first-order valence-corrected chi connectivity index (χ1v) is 11.3. The van der Waals surface area contributed by atoms with Gasteiger partial charge in [-0.1, -0.05) is 0 Å². The third-order valence-electron chi connectivity index (χ3n) is 6.62. The third kappa shape index (κ3) is 4.76. The standard InChI is InChI=1S/C22H22F3N7O4/c23-22(24,25)36-16-3-1-14(2-4-16)13-32(21(34)35)9-6-15-11-18(28-31(15)8-10-32)20(33)30-7-5-17-19(12-30)27-29-26-17/h1-4,11H,5-10,12-13H2,(H-,26,27,29,34,35)/p+1. The maximum atomic E-state index is 13.0. The van der Waals surface area contributed by atoms with Gasteiger partial charge in [0.05, 0.1) is 25.3 Å². The summed E-state index contributed by atoms with van der Waals surface area (Å²) >= 11 is 0. The van der Waals surface area contributed by atoms with E-state index in [9.17, 15) is 27.9 Å². The lowest BCUT2D eigenvalue weighted by Gasteiger charge is -2.31. The SMILES string of the molecule is O=C(c1cc2n(n1)CC[N+](Cc1ccc(OC(F)(F)F)cc1)(C(=O)O)CC2)N1CCc2n[nH]nc2C1. The van der Waals surface area contributed by atoms with E-state index in [2.05, 4.69) is 25.2 Å². The Balaban J connectivity index is 1.28. The Labute approximate surface area is 202 Å². The fraction of sp³-hybridized carbons (Fsp3) is 0.409. The van der Waals surface area contributed by atoms with Crippen molar-refractivity contribution in [3.63, 3.8) is 0 Å². The number of amides is 2. The summed E-state index contributed by atoms with van der Waals surface area (Å²) in [7, 11) is 0. The average Bonchev–Trinajstić information content (AvgIpc) is 3.43. The smallest absolute Gasteiger partial charge is 0.435 e. The molecule has 2 aromatic heterocycles. The minimum absolute atomic E-state index is 0.0893. The number of alkyl halides is 3. The summed E-state index contributed by atoms with van der Waals surface area (Å²) in [5, 5.41) is 25.3. The predicted molar refractivity (Wildman–Crippen MR) is 116 cm³/mol. The minimum Gasteiger partial charge on any atom is -0.435 e. The van der Waals surface area contributed by atoms with Crippen molar-refractivity contribution in [1.82, 2.24) is 30.1 Å².